The van der Waals surface area contributed by atoms with Crippen molar-refractivity contribution in [1.29, 1.82) is 0 Å². The first-order chi connectivity index (χ1) is 13.5. The van der Waals surface area contributed by atoms with Gasteiger partial charge in [-0.15, -0.1) is 11.3 Å². The number of thiazole rings is 1. The van der Waals surface area contributed by atoms with Crippen LogP contribution in [0.2, 0.25) is 0 Å². The molecule has 1 aliphatic rings. The highest BCUT2D eigenvalue weighted by Gasteiger charge is 2.57. The van der Waals surface area contributed by atoms with Gasteiger partial charge in [0.15, 0.2) is 16.9 Å². The van der Waals surface area contributed by atoms with Crippen molar-refractivity contribution in [1.82, 2.24) is 19.9 Å². The average Bonchev–Trinajstić information content (AvgIpc) is 3.04. The first-order valence-electron chi connectivity index (χ1n) is 7.43. The molecule has 0 saturated carbocycles. The van der Waals surface area contributed by atoms with Gasteiger partial charge in [-0.3, -0.25) is 18.9 Å². The Bertz CT molecular complexity index is 988. The molecule has 2 atom stereocenters. The lowest BCUT2D eigenvalue weighted by Crippen LogP contribution is -2.75. The molecular formula is C12H14N6O9S2. The molecule has 17 heteroatoms. The number of likely N-dealkylation sites (N-methyl/N-ethyl adjacent to an activating group) is 1. The minimum atomic E-state index is -5.06. The predicted molar refractivity (Wildman–Crippen MR) is 94.8 cm³/mol. The minimum absolute atomic E-state index is 0.0410. The summed E-state index contributed by atoms with van der Waals surface area (Å²) in [4.78, 5) is 55.3. The van der Waals surface area contributed by atoms with Crippen LogP contribution in [0.1, 0.15) is 5.69 Å². The number of aliphatic carboxylic acids is 1. The largest absolute Gasteiger partial charge is 0.479 e. The van der Waals surface area contributed by atoms with Crippen LogP contribution in [0.5, 0.6) is 0 Å². The van der Waals surface area contributed by atoms with Crippen LogP contribution in [0, 0.1) is 0 Å². The van der Waals surface area contributed by atoms with Crippen LogP contribution in [0.15, 0.2) is 10.5 Å². The molecule has 6 N–H and O–H groups in total. The Kier molecular flexibility index (Phi) is 6.34. The summed E-state index contributed by atoms with van der Waals surface area (Å²) in [6.07, 6.45) is 0. The Labute approximate surface area is 166 Å². The average molecular weight is 450 g/mol. The number of hydrogen-bond donors (Lipinski definition) is 5. The van der Waals surface area contributed by atoms with Gasteiger partial charge in [0.25, 0.3) is 11.8 Å². The van der Waals surface area contributed by atoms with Crippen molar-refractivity contribution in [3.8, 4) is 0 Å². The SMILES string of the molecule is CNC(=O)[C@H]1[C@@H](NC(=O)/C(=N\OCC(=O)O)c2csc(N)n2)C(=O)N1S(=O)(=O)O. The monoisotopic (exact) mass is 450 g/mol. The van der Waals surface area contributed by atoms with Crippen molar-refractivity contribution >= 4 is 56.2 Å². The molecular weight excluding hydrogens is 436 g/mol. The van der Waals surface area contributed by atoms with Gasteiger partial charge in [-0.25, -0.2) is 9.78 Å². The highest BCUT2D eigenvalue weighted by Crippen LogP contribution is 2.24. The lowest BCUT2D eigenvalue weighted by molar-refractivity contribution is -0.151. The maximum absolute atomic E-state index is 12.5. The number of carboxylic acid groups (broad SMARTS) is 1. The molecule has 29 heavy (non-hydrogen) atoms. The number of β-lactam (4-membered cyclic amide) rings is 1. The molecule has 0 bridgehead atoms. The topological polar surface area (TPSA) is 231 Å². The second-order valence-electron chi connectivity index (χ2n) is 5.30. The van der Waals surface area contributed by atoms with Gasteiger partial charge < -0.3 is 26.3 Å². The zero-order chi connectivity index (χ0) is 21.9. The maximum Gasteiger partial charge on any atom is 0.363 e. The van der Waals surface area contributed by atoms with Crippen LogP contribution >= 0.6 is 11.3 Å². The van der Waals surface area contributed by atoms with Gasteiger partial charge in [-0.2, -0.15) is 12.7 Å². The van der Waals surface area contributed by atoms with Crippen LogP contribution < -0.4 is 16.4 Å². The van der Waals surface area contributed by atoms with E-state index in [1.165, 1.54) is 5.38 Å². The Morgan fingerprint density at radius 1 is 1.45 bits per heavy atom. The van der Waals surface area contributed by atoms with E-state index in [4.69, 9.17) is 15.4 Å². The predicted octanol–water partition coefficient (Wildman–Crippen LogP) is -3.22. The van der Waals surface area contributed by atoms with E-state index in [2.05, 4.69) is 25.6 Å². The van der Waals surface area contributed by atoms with E-state index in [0.717, 1.165) is 18.4 Å². The number of carbonyl (C=O) groups is 4. The summed E-state index contributed by atoms with van der Waals surface area (Å²) in [6.45, 7) is -0.893. The fourth-order valence-corrected chi connectivity index (χ4v) is 3.62. The Balaban J connectivity index is 2.28. The van der Waals surface area contributed by atoms with Crippen LogP contribution in [0.4, 0.5) is 5.13 Å². The molecule has 0 aromatic carbocycles. The van der Waals surface area contributed by atoms with Crippen molar-refractivity contribution in [2.24, 2.45) is 5.16 Å². The van der Waals surface area contributed by atoms with Gasteiger partial charge in [-0.1, -0.05) is 5.16 Å². The second kappa shape index (κ2) is 8.37. The number of amides is 3. The second-order valence-corrected chi connectivity index (χ2v) is 7.48. The molecule has 0 aliphatic carbocycles. The summed E-state index contributed by atoms with van der Waals surface area (Å²) in [5.41, 5.74) is 4.78. The summed E-state index contributed by atoms with van der Waals surface area (Å²) in [5, 5.41) is 17.5. The van der Waals surface area contributed by atoms with E-state index < -0.39 is 58.4 Å². The molecule has 1 aromatic heterocycles. The molecule has 15 nitrogen and oxygen atoms in total. The molecule has 1 fully saturated rings. The molecule has 0 radical (unpaired) electrons. The third-order valence-corrected chi connectivity index (χ3v) is 5.00. The number of nitrogens with zero attached hydrogens (tertiary/aromatic N) is 3. The molecule has 1 aliphatic heterocycles. The number of carboxylic acids is 1. The van der Waals surface area contributed by atoms with E-state index in [1.54, 1.807) is 0 Å². The van der Waals surface area contributed by atoms with Crippen molar-refractivity contribution in [2.75, 3.05) is 19.4 Å². The van der Waals surface area contributed by atoms with Crippen LogP contribution in [0.25, 0.3) is 0 Å². The highest BCUT2D eigenvalue weighted by atomic mass is 32.2. The Morgan fingerprint density at radius 3 is 2.59 bits per heavy atom. The molecule has 1 saturated heterocycles. The number of oxime groups is 1. The summed E-state index contributed by atoms with van der Waals surface area (Å²) in [5.74, 6) is -4.78. The number of anilines is 1. The van der Waals surface area contributed by atoms with E-state index in [0.29, 0.717) is 0 Å². The normalized spacial score (nSPS) is 19.3. The van der Waals surface area contributed by atoms with Crippen molar-refractivity contribution < 1.29 is 42.1 Å². The van der Waals surface area contributed by atoms with E-state index in [9.17, 15) is 27.6 Å². The lowest BCUT2D eigenvalue weighted by atomic mass is 9.97. The zero-order valence-electron chi connectivity index (χ0n) is 14.4. The summed E-state index contributed by atoms with van der Waals surface area (Å²) >= 11 is 0.924. The fourth-order valence-electron chi connectivity index (χ4n) is 2.23. The maximum atomic E-state index is 12.5. The smallest absolute Gasteiger partial charge is 0.363 e. The number of nitrogen functional groups attached to an aromatic ring is 1. The lowest BCUT2D eigenvalue weighted by Gasteiger charge is -2.42. The van der Waals surface area contributed by atoms with Crippen LogP contribution in [0.3, 0.4) is 0 Å². The first kappa shape index (κ1) is 22.0. The number of nitrogens with one attached hydrogen (secondary N) is 2. The number of aromatic nitrogens is 1. The molecule has 3 amide bonds. The third kappa shape index (κ3) is 4.76. The van der Waals surface area contributed by atoms with Crippen molar-refractivity contribution in [3.05, 3.63) is 11.1 Å². The summed E-state index contributed by atoms with van der Waals surface area (Å²) < 4.78 is 31.6. The number of hydrogen-bond acceptors (Lipinski definition) is 11. The van der Waals surface area contributed by atoms with E-state index >= 15 is 0 Å². The van der Waals surface area contributed by atoms with Crippen molar-refractivity contribution in [2.45, 2.75) is 12.1 Å². The van der Waals surface area contributed by atoms with E-state index in [1.807, 2.05) is 0 Å². The Morgan fingerprint density at radius 2 is 2.10 bits per heavy atom. The van der Waals surface area contributed by atoms with Gasteiger partial charge in [-0.05, 0) is 0 Å². The first-order valence-corrected chi connectivity index (χ1v) is 9.71. The summed E-state index contributed by atoms with van der Waals surface area (Å²) in [6, 6.07) is -3.42. The number of carbonyl (C=O) groups excluding carboxylic acids is 3. The van der Waals surface area contributed by atoms with Gasteiger partial charge >= 0.3 is 16.3 Å². The molecule has 0 spiro atoms. The fraction of sp³-hybridized carbons (Fsp3) is 0.333. The summed E-state index contributed by atoms with van der Waals surface area (Å²) in [7, 11) is -3.91. The van der Waals surface area contributed by atoms with E-state index in [-0.39, 0.29) is 15.1 Å². The molecule has 2 heterocycles. The Hall–Kier alpha value is -3.31. The van der Waals surface area contributed by atoms with Crippen LogP contribution in [-0.4, -0.2) is 82.5 Å². The van der Waals surface area contributed by atoms with Gasteiger partial charge in [0, 0.05) is 12.4 Å². The quantitative estimate of drug-likeness (QED) is 0.114. The standard InChI is InChI=1S/C12H14N6O9S2/c1-14-10(22)8-7(11(23)18(8)29(24,25)26)16-9(21)6(17-27-2-5(19)20)4-3-28-12(13)15-4/h3,7-8H,2H2,1H3,(H2,13,15)(H,14,22)(H,16,21)(H,19,20)(H,24,25,26)/b17-6-/t7-,8-/m1/s1. The third-order valence-electron chi connectivity index (χ3n) is 3.43. The van der Waals surface area contributed by atoms with Crippen LogP contribution in [-0.2, 0) is 34.3 Å². The molecule has 2 rings (SSSR count). The minimum Gasteiger partial charge on any atom is -0.479 e. The highest BCUT2D eigenvalue weighted by molar-refractivity contribution is 7.84. The molecule has 0 unspecified atom stereocenters. The molecule has 1 aromatic rings. The zero-order valence-corrected chi connectivity index (χ0v) is 16.1. The van der Waals surface area contributed by atoms with Crippen molar-refractivity contribution in [3.63, 3.8) is 0 Å². The van der Waals surface area contributed by atoms with Gasteiger partial charge in [0.2, 0.25) is 12.5 Å². The molecule has 158 valence electrons. The van der Waals surface area contributed by atoms with Gasteiger partial charge in [0.05, 0.1) is 0 Å². The number of nitrogens with two attached hydrogens (primary N) is 1. The van der Waals surface area contributed by atoms with Gasteiger partial charge in [0.1, 0.15) is 11.7 Å². The number of rotatable bonds is 8.